The Bertz CT molecular complexity index is 572. The van der Waals surface area contributed by atoms with E-state index in [1.807, 2.05) is 32.2 Å². The van der Waals surface area contributed by atoms with Crippen molar-refractivity contribution in [1.82, 2.24) is 4.57 Å². The fourth-order valence-electron chi connectivity index (χ4n) is 2.00. The van der Waals surface area contributed by atoms with Crippen molar-refractivity contribution in [2.75, 3.05) is 0 Å². The van der Waals surface area contributed by atoms with Gasteiger partial charge < -0.3 is 9.67 Å². The number of carbonyl (C=O) groups is 1. The first-order valence-corrected chi connectivity index (χ1v) is 5.35. The van der Waals surface area contributed by atoms with Crippen LogP contribution in [0.4, 0.5) is 0 Å². The molecule has 16 heavy (non-hydrogen) atoms. The zero-order valence-electron chi connectivity index (χ0n) is 9.12. The lowest BCUT2D eigenvalue weighted by Gasteiger charge is -2.05. The van der Waals surface area contributed by atoms with Crippen LogP contribution in [-0.4, -0.2) is 15.6 Å². The van der Waals surface area contributed by atoms with Crippen LogP contribution in [0.2, 0.25) is 5.02 Å². The van der Waals surface area contributed by atoms with Crippen molar-refractivity contribution < 1.29 is 9.90 Å². The van der Waals surface area contributed by atoms with Gasteiger partial charge in [0.1, 0.15) is 6.54 Å². The molecule has 0 amide bonds. The predicted octanol–water partition coefficient (Wildman–Crippen LogP) is 3.00. The van der Waals surface area contributed by atoms with Gasteiger partial charge in [0.05, 0.1) is 5.52 Å². The monoisotopic (exact) mass is 237 g/mol. The summed E-state index contributed by atoms with van der Waals surface area (Å²) >= 11 is 6.04. The Labute approximate surface area is 98.3 Å². The Kier molecular flexibility index (Phi) is 2.64. The third-order valence-electron chi connectivity index (χ3n) is 2.73. The second kappa shape index (κ2) is 3.83. The van der Waals surface area contributed by atoms with Crippen LogP contribution in [0.3, 0.4) is 0 Å². The number of carboxylic acid groups (broad SMARTS) is 1. The molecule has 0 unspecified atom stereocenters. The van der Waals surface area contributed by atoms with Gasteiger partial charge in [-0.2, -0.15) is 0 Å². The number of aliphatic carboxylic acids is 1. The molecule has 0 bridgehead atoms. The van der Waals surface area contributed by atoms with E-state index in [4.69, 9.17) is 16.7 Å². The number of halogens is 1. The first kappa shape index (κ1) is 11.0. The normalized spacial score (nSPS) is 10.9. The number of hydrogen-bond donors (Lipinski definition) is 1. The fraction of sp³-hybridized carbons (Fsp3) is 0.250. The highest BCUT2D eigenvalue weighted by Gasteiger charge is 2.11. The van der Waals surface area contributed by atoms with E-state index in [2.05, 4.69) is 0 Å². The van der Waals surface area contributed by atoms with E-state index >= 15 is 0 Å². The van der Waals surface area contributed by atoms with Crippen molar-refractivity contribution in [3.8, 4) is 0 Å². The molecule has 3 nitrogen and oxygen atoms in total. The lowest BCUT2D eigenvalue weighted by molar-refractivity contribution is -0.137. The molecule has 1 N–H and O–H groups in total. The molecule has 0 aliphatic carbocycles. The average molecular weight is 238 g/mol. The minimum absolute atomic E-state index is 0.0362. The maximum Gasteiger partial charge on any atom is 0.323 e. The maximum atomic E-state index is 10.8. The molecule has 1 heterocycles. The van der Waals surface area contributed by atoms with E-state index in [0.29, 0.717) is 5.02 Å². The van der Waals surface area contributed by atoms with E-state index in [1.165, 1.54) is 0 Å². The summed E-state index contributed by atoms with van der Waals surface area (Å²) in [5.74, 6) is -0.851. The molecule has 0 fully saturated rings. The Morgan fingerprint density at radius 1 is 1.44 bits per heavy atom. The van der Waals surface area contributed by atoms with Crippen molar-refractivity contribution in [3.05, 3.63) is 34.5 Å². The van der Waals surface area contributed by atoms with Crippen molar-refractivity contribution in [1.29, 1.82) is 0 Å². The van der Waals surface area contributed by atoms with Gasteiger partial charge in [-0.15, -0.1) is 0 Å². The fourth-order valence-corrected chi connectivity index (χ4v) is 2.15. The second-order valence-corrected chi connectivity index (χ2v) is 4.31. The molecule has 0 saturated carbocycles. The van der Waals surface area contributed by atoms with Gasteiger partial charge in [-0.05, 0) is 31.0 Å². The zero-order valence-corrected chi connectivity index (χ0v) is 9.88. The predicted molar refractivity (Wildman–Crippen MR) is 64.1 cm³/mol. The summed E-state index contributed by atoms with van der Waals surface area (Å²) in [5.41, 5.74) is 2.90. The molecule has 1 aromatic carbocycles. The van der Waals surface area contributed by atoms with Gasteiger partial charge in [0, 0.05) is 16.6 Å². The molecule has 1 aromatic heterocycles. The van der Waals surface area contributed by atoms with E-state index in [0.717, 1.165) is 22.0 Å². The highest BCUT2D eigenvalue weighted by atomic mass is 35.5. The Hall–Kier alpha value is -1.48. The van der Waals surface area contributed by atoms with Crippen LogP contribution in [0, 0.1) is 13.8 Å². The van der Waals surface area contributed by atoms with Gasteiger partial charge in [0.2, 0.25) is 0 Å². The molecule has 0 aliphatic rings. The van der Waals surface area contributed by atoms with Crippen LogP contribution in [0.15, 0.2) is 18.3 Å². The summed E-state index contributed by atoms with van der Waals surface area (Å²) in [6.45, 7) is 3.84. The molecule has 4 heteroatoms. The summed E-state index contributed by atoms with van der Waals surface area (Å²) in [6, 6.07) is 3.77. The molecular weight excluding hydrogens is 226 g/mol. The van der Waals surface area contributed by atoms with Crippen LogP contribution >= 0.6 is 11.6 Å². The molecule has 0 spiro atoms. The maximum absolute atomic E-state index is 10.8. The third kappa shape index (κ3) is 1.67. The van der Waals surface area contributed by atoms with Gasteiger partial charge in [-0.3, -0.25) is 4.79 Å². The number of benzene rings is 1. The zero-order chi connectivity index (χ0) is 11.9. The van der Waals surface area contributed by atoms with Crippen molar-refractivity contribution in [2.45, 2.75) is 20.4 Å². The number of aromatic nitrogens is 1. The molecule has 0 radical (unpaired) electrons. The molecule has 2 rings (SSSR count). The number of hydrogen-bond acceptors (Lipinski definition) is 1. The lowest BCUT2D eigenvalue weighted by Crippen LogP contribution is -2.07. The first-order valence-electron chi connectivity index (χ1n) is 4.97. The minimum Gasteiger partial charge on any atom is -0.480 e. The SMILES string of the molecule is Cc1cn(CC(=O)O)c2c(C)c(Cl)ccc12. The summed E-state index contributed by atoms with van der Waals surface area (Å²) in [4.78, 5) is 10.8. The van der Waals surface area contributed by atoms with Gasteiger partial charge in [-0.1, -0.05) is 17.7 Å². The van der Waals surface area contributed by atoms with Gasteiger partial charge in [0.25, 0.3) is 0 Å². The van der Waals surface area contributed by atoms with Crippen LogP contribution in [0.1, 0.15) is 11.1 Å². The Morgan fingerprint density at radius 3 is 2.75 bits per heavy atom. The summed E-state index contributed by atoms with van der Waals surface area (Å²) < 4.78 is 1.73. The van der Waals surface area contributed by atoms with Crippen molar-refractivity contribution in [2.24, 2.45) is 0 Å². The molecule has 0 saturated heterocycles. The summed E-state index contributed by atoms with van der Waals surface area (Å²) in [6.07, 6.45) is 1.85. The molecule has 0 aliphatic heterocycles. The number of nitrogens with zero attached hydrogens (tertiary/aromatic N) is 1. The van der Waals surface area contributed by atoms with Gasteiger partial charge in [-0.25, -0.2) is 0 Å². The van der Waals surface area contributed by atoms with E-state index < -0.39 is 5.97 Å². The smallest absolute Gasteiger partial charge is 0.323 e. The van der Waals surface area contributed by atoms with E-state index in [1.54, 1.807) is 4.57 Å². The quantitative estimate of drug-likeness (QED) is 0.873. The van der Waals surface area contributed by atoms with E-state index in [9.17, 15) is 4.79 Å². The van der Waals surface area contributed by atoms with Crippen LogP contribution < -0.4 is 0 Å². The van der Waals surface area contributed by atoms with Crippen LogP contribution in [0.5, 0.6) is 0 Å². The van der Waals surface area contributed by atoms with Crippen molar-refractivity contribution >= 4 is 28.5 Å². The topological polar surface area (TPSA) is 42.2 Å². The lowest BCUT2D eigenvalue weighted by atomic mass is 10.1. The van der Waals surface area contributed by atoms with Crippen LogP contribution in [-0.2, 0) is 11.3 Å². The largest absolute Gasteiger partial charge is 0.480 e. The molecule has 2 aromatic rings. The number of aryl methyl sites for hydroxylation is 2. The Balaban J connectivity index is 2.75. The summed E-state index contributed by atoms with van der Waals surface area (Å²) in [5, 5.41) is 10.6. The molecule has 0 atom stereocenters. The molecular formula is C12H12ClNO2. The Morgan fingerprint density at radius 2 is 2.12 bits per heavy atom. The molecule has 84 valence electrons. The second-order valence-electron chi connectivity index (χ2n) is 3.90. The average Bonchev–Trinajstić information content (AvgIpc) is 2.49. The number of fused-ring (bicyclic) bond motifs is 1. The van der Waals surface area contributed by atoms with E-state index in [-0.39, 0.29) is 6.54 Å². The minimum atomic E-state index is -0.851. The highest BCUT2D eigenvalue weighted by molar-refractivity contribution is 6.32. The third-order valence-corrected chi connectivity index (χ3v) is 3.14. The summed E-state index contributed by atoms with van der Waals surface area (Å²) in [7, 11) is 0. The number of rotatable bonds is 2. The van der Waals surface area contributed by atoms with Crippen molar-refractivity contribution in [3.63, 3.8) is 0 Å². The first-order chi connectivity index (χ1) is 7.50. The highest BCUT2D eigenvalue weighted by Crippen LogP contribution is 2.28. The number of carboxylic acids is 1. The van der Waals surface area contributed by atoms with Gasteiger partial charge in [0.15, 0.2) is 0 Å². The van der Waals surface area contributed by atoms with Gasteiger partial charge >= 0.3 is 5.97 Å². The van der Waals surface area contributed by atoms with Crippen LogP contribution in [0.25, 0.3) is 10.9 Å². The standard InChI is InChI=1S/C12H12ClNO2/c1-7-5-14(6-11(15)16)12-8(2)10(13)4-3-9(7)12/h3-5H,6H2,1-2H3,(H,15,16).